The Morgan fingerprint density at radius 1 is 1.21 bits per heavy atom. The van der Waals surface area contributed by atoms with Gasteiger partial charge in [-0.15, -0.1) is 0 Å². The molecule has 1 saturated carbocycles. The Morgan fingerprint density at radius 2 is 1.84 bits per heavy atom. The normalized spacial score (nSPS) is 28.4. The van der Waals surface area contributed by atoms with Gasteiger partial charge < -0.3 is 5.11 Å². The molecule has 0 radical (unpaired) electrons. The van der Waals surface area contributed by atoms with Gasteiger partial charge >= 0.3 is 0 Å². The minimum absolute atomic E-state index is 0.154. The quantitative estimate of drug-likeness (QED) is 0.821. The summed E-state index contributed by atoms with van der Waals surface area (Å²) in [6, 6.07) is 7.90. The minimum Gasteiger partial charge on any atom is -0.389 e. The maximum atomic E-state index is 11.2. The van der Waals surface area contributed by atoms with Crippen LogP contribution in [0.5, 0.6) is 0 Å². The van der Waals surface area contributed by atoms with E-state index >= 15 is 0 Å². The molecule has 0 bridgehead atoms. The molecule has 1 fully saturated rings. The summed E-state index contributed by atoms with van der Waals surface area (Å²) in [6.45, 7) is 6.74. The van der Waals surface area contributed by atoms with Crippen LogP contribution < -0.4 is 0 Å². The molecule has 2 unspecified atom stereocenters. The van der Waals surface area contributed by atoms with Gasteiger partial charge in [-0.25, -0.2) is 0 Å². The van der Waals surface area contributed by atoms with Crippen LogP contribution in [0.4, 0.5) is 0 Å². The summed E-state index contributed by atoms with van der Waals surface area (Å²) in [5, 5.41) is 11.9. The molecule has 0 heterocycles. The van der Waals surface area contributed by atoms with Gasteiger partial charge in [-0.3, -0.25) is 0 Å². The third-order valence-electron chi connectivity index (χ3n) is 4.47. The molecule has 0 amide bonds. The maximum absolute atomic E-state index is 11.2. The molecule has 2 atom stereocenters. The molecule has 106 valence electrons. The third-order valence-corrected chi connectivity index (χ3v) is 4.72. The van der Waals surface area contributed by atoms with Gasteiger partial charge in [-0.05, 0) is 41.9 Å². The second kappa shape index (κ2) is 5.46. The number of halogens is 1. The zero-order valence-electron chi connectivity index (χ0n) is 12.2. The van der Waals surface area contributed by atoms with Gasteiger partial charge in [0, 0.05) is 11.4 Å². The summed E-state index contributed by atoms with van der Waals surface area (Å²) in [4.78, 5) is 0. The third kappa shape index (κ3) is 3.52. The Morgan fingerprint density at radius 3 is 2.42 bits per heavy atom. The van der Waals surface area contributed by atoms with Crippen LogP contribution in [0.15, 0.2) is 24.3 Å². The highest BCUT2D eigenvalue weighted by Crippen LogP contribution is 2.45. The zero-order valence-corrected chi connectivity index (χ0v) is 13.0. The second-order valence-electron chi connectivity index (χ2n) is 7.07. The first-order valence-corrected chi connectivity index (χ1v) is 7.66. The zero-order chi connectivity index (χ0) is 14.1. The van der Waals surface area contributed by atoms with Crippen LogP contribution in [0.2, 0.25) is 5.02 Å². The Labute approximate surface area is 122 Å². The average Bonchev–Trinajstić information content (AvgIpc) is 2.31. The van der Waals surface area contributed by atoms with Crippen LogP contribution in [0.3, 0.4) is 0 Å². The van der Waals surface area contributed by atoms with Crippen molar-refractivity contribution in [2.24, 2.45) is 11.3 Å². The fourth-order valence-corrected chi connectivity index (χ4v) is 3.75. The first-order chi connectivity index (χ1) is 8.81. The molecule has 2 rings (SSSR count). The SMILES string of the molecule is CC(C)(C)C1CCCCC1(O)Cc1ccc(Cl)cc1. The summed E-state index contributed by atoms with van der Waals surface area (Å²) in [7, 11) is 0. The van der Waals surface area contributed by atoms with E-state index < -0.39 is 5.60 Å². The highest BCUT2D eigenvalue weighted by Gasteiger charge is 2.44. The summed E-state index contributed by atoms with van der Waals surface area (Å²) in [6.07, 6.45) is 5.17. The fourth-order valence-electron chi connectivity index (χ4n) is 3.63. The van der Waals surface area contributed by atoms with E-state index in [4.69, 9.17) is 11.6 Å². The van der Waals surface area contributed by atoms with Crippen LogP contribution in [-0.2, 0) is 6.42 Å². The smallest absolute Gasteiger partial charge is 0.0720 e. The first kappa shape index (κ1) is 14.9. The topological polar surface area (TPSA) is 20.2 Å². The predicted molar refractivity (Wildman–Crippen MR) is 81.5 cm³/mol. The van der Waals surface area contributed by atoms with Gasteiger partial charge in [0.15, 0.2) is 0 Å². The van der Waals surface area contributed by atoms with Crippen LogP contribution in [0.25, 0.3) is 0 Å². The lowest BCUT2D eigenvalue weighted by atomic mass is 9.62. The summed E-state index contributed by atoms with van der Waals surface area (Å²) in [5.41, 5.74) is 0.773. The van der Waals surface area contributed by atoms with E-state index in [1.54, 1.807) is 0 Å². The van der Waals surface area contributed by atoms with E-state index in [2.05, 4.69) is 20.8 Å². The molecule has 0 aliphatic heterocycles. The van der Waals surface area contributed by atoms with Gasteiger partial charge in [-0.2, -0.15) is 0 Å². The van der Waals surface area contributed by atoms with E-state index in [9.17, 15) is 5.11 Å². The van der Waals surface area contributed by atoms with E-state index in [1.807, 2.05) is 24.3 Å². The molecule has 0 aromatic heterocycles. The maximum Gasteiger partial charge on any atom is 0.0720 e. The number of rotatable bonds is 2. The van der Waals surface area contributed by atoms with Crippen molar-refractivity contribution in [3.63, 3.8) is 0 Å². The molecule has 2 heteroatoms. The first-order valence-electron chi connectivity index (χ1n) is 7.28. The Balaban J connectivity index is 2.21. The number of aliphatic hydroxyl groups is 1. The molecule has 1 aromatic carbocycles. The summed E-state index contributed by atoms with van der Waals surface area (Å²) >= 11 is 5.93. The standard InChI is InChI=1S/C17H25ClO/c1-16(2,3)15-6-4-5-11-17(15,19)12-13-7-9-14(18)10-8-13/h7-10,15,19H,4-6,11-12H2,1-3H3. The van der Waals surface area contributed by atoms with Crippen LogP contribution in [-0.4, -0.2) is 10.7 Å². The largest absolute Gasteiger partial charge is 0.389 e. The van der Waals surface area contributed by atoms with E-state index in [0.717, 1.165) is 30.7 Å². The van der Waals surface area contributed by atoms with E-state index in [-0.39, 0.29) is 5.41 Å². The Kier molecular flexibility index (Phi) is 4.27. The van der Waals surface area contributed by atoms with Crippen molar-refractivity contribution in [3.05, 3.63) is 34.9 Å². The molecule has 1 aliphatic rings. The monoisotopic (exact) mass is 280 g/mol. The highest BCUT2D eigenvalue weighted by molar-refractivity contribution is 6.30. The lowest BCUT2D eigenvalue weighted by Crippen LogP contribution is -2.48. The highest BCUT2D eigenvalue weighted by atomic mass is 35.5. The second-order valence-corrected chi connectivity index (χ2v) is 7.51. The predicted octanol–water partition coefficient (Wildman–Crippen LogP) is 4.85. The van der Waals surface area contributed by atoms with Crippen LogP contribution in [0.1, 0.15) is 52.0 Å². The van der Waals surface area contributed by atoms with Crippen molar-refractivity contribution in [2.75, 3.05) is 0 Å². The van der Waals surface area contributed by atoms with Crippen LogP contribution >= 0.6 is 11.6 Å². The molecule has 1 aromatic rings. The molecule has 19 heavy (non-hydrogen) atoms. The molecule has 1 N–H and O–H groups in total. The molecule has 0 spiro atoms. The van der Waals surface area contributed by atoms with Crippen LogP contribution in [0, 0.1) is 11.3 Å². The van der Waals surface area contributed by atoms with Gasteiger partial charge in [0.25, 0.3) is 0 Å². The minimum atomic E-state index is -0.565. The van der Waals surface area contributed by atoms with Gasteiger partial charge in [0.1, 0.15) is 0 Å². The van der Waals surface area contributed by atoms with Crippen molar-refractivity contribution < 1.29 is 5.11 Å². The number of hydrogen-bond donors (Lipinski definition) is 1. The lowest BCUT2D eigenvalue weighted by Gasteiger charge is -2.47. The molecule has 1 aliphatic carbocycles. The number of benzene rings is 1. The fraction of sp³-hybridized carbons (Fsp3) is 0.647. The van der Waals surface area contributed by atoms with E-state index in [0.29, 0.717) is 5.92 Å². The summed E-state index contributed by atoms with van der Waals surface area (Å²) < 4.78 is 0. The molecular formula is C17H25ClO. The van der Waals surface area contributed by atoms with Gasteiger partial charge in [-0.1, -0.05) is 57.3 Å². The van der Waals surface area contributed by atoms with Gasteiger partial charge in [0.05, 0.1) is 5.60 Å². The Bertz CT molecular complexity index is 418. The Hall–Kier alpha value is -0.530. The van der Waals surface area contributed by atoms with Crippen molar-refractivity contribution >= 4 is 11.6 Å². The molecule has 0 saturated heterocycles. The number of hydrogen-bond acceptors (Lipinski definition) is 1. The van der Waals surface area contributed by atoms with Crippen molar-refractivity contribution in [2.45, 2.75) is 58.5 Å². The average molecular weight is 281 g/mol. The van der Waals surface area contributed by atoms with Gasteiger partial charge in [0.2, 0.25) is 0 Å². The molecular weight excluding hydrogens is 256 g/mol. The van der Waals surface area contributed by atoms with Crippen molar-refractivity contribution in [1.29, 1.82) is 0 Å². The molecule has 1 nitrogen and oxygen atoms in total. The lowest BCUT2D eigenvalue weighted by molar-refractivity contribution is -0.0889. The van der Waals surface area contributed by atoms with E-state index in [1.165, 1.54) is 12.0 Å². The van der Waals surface area contributed by atoms with Crippen molar-refractivity contribution in [1.82, 2.24) is 0 Å². The van der Waals surface area contributed by atoms with Crippen molar-refractivity contribution in [3.8, 4) is 0 Å². The summed E-state index contributed by atoms with van der Waals surface area (Å²) in [5.74, 6) is 0.365.